The highest BCUT2D eigenvalue weighted by atomic mass is 31.2. The summed E-state index contributed by atoms with van der Waals surface area (Å²) in [5.41, 5.74) is 1.83. The number of fused-ring (bicyclic) bond motifs is 7. The maximum Gasteiger partial charge on any atom is 0.513 e. The summed E-state index contributed by atoms with van der Waals surface area (Å²) in [6.45, 7) is 4.61. The molecule has 0 aromatic heterocycles. The summed E-state index contributed by atoms with van der Waals surface area (Å²) in [5.74, 6) is 1.40. The third-order valence-corrected chi connectivity index (χ3v) is 14.8. The van der Waals surface area contributed by atoms with Gasteiger partial charge in [0.15, 0.2) is 0 Å². The average molecular weight is 642 g/mol. The summed E-state index contributed by atoms with van der Waals surface area (Å²) in [6.07, 6.45) is 3.28. The molecule has 1 aliphatic carbocycles. The van der Waals surface area contributed by atoms with E-state index < -0.39 is 15.7 Å². The molecule has 6 aromatic rings. The van der Waals surface area contributed by atoms with Crippen LogP contribution in [0.2, 0.25) is 0 Å². The van der Waals surface area contributed by atoms with Crippen molar-refractivity contribution in [3.8, 4) is 22.6 Å². The highest BCUT2D eigenvalue weighted by molar-refractivity contribution is 7.74. The van der Waals surface area contributed by atoms with Crippen LogP contribution in [-0.4, -0.2) is 11.2 Å². The minimum Gasteiger partial charge on any atom is -0.404 e. The Balaban J connectivity index is 1.21. The van der Waals surface area contributed by atoms with Gasteiger partial charge in [-0.15, -0.1) is 0 Å². The normalized spacial score (nSPS) is 20.8. The average Bonchev–Trinajstić information content (AvgIpc) is 3.41. The second kappa shape index (κ2) is 11.7. The van der Waals surface area contributed by atoms with E-state index in [1.165, 1.54) is 10.6 Å². The zero-order valence-corrected chi connectivity index (χ0v) is 27.9. The van der Waals surface area contributed by atoms with Gasteiger partial charge in [-0.2, -0.15) is 5.09 Å². The van der Waals surface area contributed by atoms with Crippen LogP contribution < -0.4 is 24.7 Å². The van der Waals surface area contributed by atoms with E-state index in [0.29, 0.717) is 11.5 Å². The van der Waals surface area contributed by atoms with Crippen LogP contribution in [-0.2, 0) is 4.57 Å². The van der Waals surface area contributed by atoms with Gasteiger partial charge in [0.05, 0.1) is 0 Å². The predicted octanol–water partition coefficient (Wildman–Crippen LogP) is 10.2. The van der Waals surface area contributed by atoms with Gasteiger partial charge >= 0.3 is 7.75 Å². The second-order valence-corrected chi connectivity index (χ2v) is 17.1. The SMILES string of the molecule is C[C@@H](NP1(=O)Oc2ccc3ccccc3c2-c2c(ccc3ccccc23)O1)[C@@H]1CCCC1(C)P(c1ccccc1)c1ccccc1. The number of nitrogens with one attached hydrogen (secondary N) is 1. The van der Waals surface area contributed by atoms with Crippen LogP contribution in [0.4, 0.5) is 0 Å². The lowest BCUT2D eigenvalue weighted by atomic mass is 9.91. The van der Waals surface area contributed by atoms with Crippen LogP contribution in [0, 0.1) is 5.92 Å². The molecule has 1 fully saturated rings. The number of benzene rings is 6. The molecule has 3 atom stereocenters. The first-order valence-corrected chi connectivity index (χ1v) is 19.0. The van der Waals surface area contributed by atoms with E-state index >= 15 is 0 Å². The molecule has 0 bridgehead atoms. The van der Waals surface area contributed by atoms with Crippen molar-refractivity contribution in [3.63, 3.8) is 0 Å². The van der Waals surface area contributed by atoms with Crippen LogP contribution in [0.25, 0.3) is 32.7 Å². The van der Waals surface area contributed by atoms with Gasteiger partial charge in [0.2, 0.25) is 0 Å². The molecule has 1 heterocycles. The van der Waals surface area contributed by atoms with Crippen LogP contribution in [0.3, 0.4) is 0 Å². The monoisotopic (exact) mass is 641 g/mol. The van der Waals surface area contributed by atoms with Gasteiger partial charge in [-0.1, -0.05) is 135 Å². The summed E-state index contributed by atoms with van der Waals surface area (Å²) in [5, 5.41) is 10.5. The predicted molar refractivity (Wildman–Crippen MR) is 193 cm³/mol. The molecule has 0 spiro atoms. The summed E-state index contributed by atoms with van der Waals surface area (Å²) < 4.78 is 28.1. The maximum atomic E-state index is 15.0. The summed E-state index contributed by atoms with van der Waals surface area (Å²) in [6, 6.07) is 46.3. The molecule has 230 valence electrons. The third-order valence-electron chi connectivity index (χ3n) is 9.97. The van der Waals surface area contributed by atoms with E-state index in [0.717, 1.165) is 51.9 Å². The zero-order chi connectivity index (χ0) is 31.3. The molecule has 6 aromatic carbocycles. The van der Waals surface area contributed by atoms with Crippen molar-refractivity contribution in [1.29, 1.82) is 0 Å². The highest BCUT2D eigenvalue weighted by Gasteiger charge is 2.50. The van der Waals surface area contributed by atoms with Gasteiger partial charge in [-0.3, -0.25) is 0 Å². The summed E-state index contributed by atoms with van der Waals surface area (Å²) >= 11 is 0. The van der Waals surface area contributed by atoms with E-state index in [-0.39, 0.29) is 17.1 Å². The minimum absolute atomic E-state index is 0.0162. The molecule has 4 nitrogen and oxygen atoms in total. The Hall–Kier alpha value is -3.94. The van der Waals surface area contributed by atoms with Crippen molar-refractivity contribution in [3.05, 3.63) is 133 Å². The van der Waals surface area contributed by atoms with E-state index in [1.807, 2.05) is 48.5 Å². The van der Waals surface area contributed by atoms with Crippen molar-refractivity contribution in [2.45, 2.75) is 44.3 Å². The van der Waals surface area contributed by atoms with Crippen molar-refractivity contribution in [2.75, 3.05) is 0 Å². The Morgan fingerprint density at radius 3 is 1.70 bits per heavy atom. The first-order valence-electron chi connectivity index (χ1n) is 16.1. The Bertz CT molecular complexity index is 1970. The minimum atomic E-state index is -3.86. The largest absolute Gasteiger partial charge is 0.513 e. The lowest BCUT2D eigenvalue weighted by Crippen LogP contribution is -2.45. The molecule has 1 saturated carbocycles. The van der Waals surface area contributed by atoms with Crippen LogP contribution in [0.5, 0.6) is 11.5 Å². The van der Waals surface area contributed by atoms with Gasteiger partial charge in [0, 0.05) is 22.3 Å². The molecule has 0 amide bonds. The Morgan fingerprint density at radius 2 is 1.17 bits per heavy atom. The molecule has 2 aliphatic rings. The first-order chi connectivity index (χ1) is 22.4. The molecule has 1 unspecified atom stereocenters. The van der Waals surface area contributed by atoms with Crippen molar-refractivity contribution in [2.24, 2.45) is 5.92 Å². The summed E-state index contributed by atoms with van der Waals surface area (Å²) in [4.78, 5) is 0. The molecular formula is C40H37NO3P2. The van der Waals surface area contributed by atoms with Crippen molar-refractivity contribution < 1.29 is 13.6 Å². The molecule has 0 saturated heterocycles. The van der Waals surface area contributed by atoms with Gasteiger partial charge in [0.1, 0.15) is 11.5 Å². The van der Waals surface area contributed by atoms with Crippen LogP contribution >= 0.6 is 15.7 Å². The van der Waals surface area contributed by atoms with Gasteiger partial charge in [-0.05, 0) is 77.9 Å². The van der Waals surface area contributed by atoms with Crippen molar-refractivity contribution in [1.82, 2.24) is 5.09 Å². The molecule has 8 rings (SSSR count). The third kappa shape index (κ3) is 5.05. The Labute approximate surface area is 272 Å². The fourth-order valence-electron chi connectivity index (χ4n) is 7.98. The van der Waals surface area contributed by atoms with E-state index in [1.54, 1.807) is 0 Å². The number of hydrogen-bond donors (Lipinski definition) is 1. The smallest absolute Gasteiger partial charge is 0.404 e. The second-order valence-electron chi connectivity index (χ2n) is 12.8. The number of rotatable bonds is 6. The molecular weight excluding hydrogens is 604 g/mol. The van der Waals surface area contributed by atoms with Crippen molar-refractivity contribution >= 4 is 47.8 Å². The van der Waals surface area contributed by atoms with Crippen LogP contribution in [0.15, 0.2) is 133 Å². The number of hydrogen-bond acceptors (Lipinski definition) is 3. The molecule has 6 heteroatoms. The van der Waals surface area contributed by atoms with E-state index in [4.69, 9.17) is 9.05 Å². The van der Waals surface area contributed by atoms with Crippen LogP contribution in [0.1, 0.15) is 33.1 Å². The topological polar surface area (TPSA) is 47.6 Å². The van der Waals surface area contributed by atoms with Gasteiger partial charge in [-0.25, -0.2) is 4.57 Å². The lowest BCUT2D eigenvalue weighted by molar-refractivity contribution is 0.322. The Kier molecular flexibility index (Phi) is 7.49. The maximum absolute atomic E-state index is 15.0. The quantitative estimate of drug-likeness (QED) is 0.184. The molecule has 1 N–H and O–H groups in total. The zero-order valence-electron chi connectivity index (χ0n) is 26.1. The fourth-order valence-corrected chi connectivity index (χ4v) is 13.1. The van der Waals surface area contributed by atoms with E-state index in [9.17, 15) is 4.57 Å². The first kappa shape index (κ1) is 29.5. The fraction of sp³-hybridized carbons (Fsp3) is 0.200. The Morgan fingerprint density at radius 1 is 0.696 bits per heavy atom. The summed E-state index contributed by atoms with van der Waals surface area (Å²) in [7, 11) is -4.55. The molecule has 1 aliphatic heterocycles. The lowest BCUT2D eigenvalue weighted by Gasteiger charge is -2.43. The standard InChI is InChI=1S/C40H37NO3P2/c1-28(35-22-13-27-40(35,2)45(31-16-5-3-6-17-31)32-18-7-4-8-19-32)41-46(42)43-36-25-23-29-14-9-11-20-33(29)38(36)39-34-21-12-10-15-30(34)24-26-37(39)44-46/h3-12,14-21,23-26,28,35H,13,22,27H2,1-2H3,(H,41,42)/t28-,35+,40?/m1/s1. The highest BCUT2D eigenvalue weighted by Crippen LogP contribution is 2.62. The molecule has 0 radical (unpaired) electrons. The van der Waals surface area contributed by atoms with E-state index in [2.05, 4.69) is 104 Å². The van der Waals surface area contributed by atoms with Gasteiger partial charge in [0.25, 0.3) is 0 Å². The molecule has 46 heavy (non-hydrogen) atoms. The van der Waals surface area contributed by atoms with Gasteiger partial charge < -0.3 is 9.05 Å².